The number of aromatic hydroxyl groups is 2. The average Bonchev–Trinajstić information content (AvgIpc) is 2.38. The van der Waals surface area contributed by atoms with Crippen LogP contribution >= 0.6 is 0 Å². The van der Waals surface area contributed by atoms with Crippen molar-refractivity contribution in [2.75, 3.05) is 0 Å². The third-order valence-electron chi connectivity index (χ3n) is 3.19. The molecule has 0 bridgehead atoms. The van der Waals surface area contributed by atoms with Gasteiger partial charge >= 0.3 is 0 Å². The van der Waals surface area contributed by atoms with Crippen LogP contribution in [0.5, 0.6) is 17.2 Å². The normalized spacial score (nSPS) is 17.7. The number of carbonyl (C=O) groups is 1. The highest BCUT2D eigenvalue weighted by Gasteiger charge is 2.29. The topological polar surface area (TPSA) is 66.8 Å². The Morgan fingerprint density at radius 2 is 1.89 bits per heavy atom. The summed E-state index contributed by atoms with van der Waals surface area (Å²) >= 11 is 0. The number of rotatable bonds is 1. The van der Waals surface area contributed by atoms with E-state index in [9.17, 15) is 15.0 Å². The van der Waals surface area contributed by atoms with Crippen molar-refractivity contribution in [3.63, 3.8) is 0 Å². The zero-order valence-corrected chi connectivity index (χ0v) is 10.0. The lowest BCUT2D eigenvalue weighted by atomic mass is 9.96. The van der Waals surface area contributed by atoms with Crippen LogP contribution < -0.4 is 4.74 Å². The molecule has 96 valence electrons. The highest BCUT2D eigenvalue weighted by atomic mass is 16.5. The fraction of sp³-hybridized carbons (Fsp3) is 0.133. The van der Waals surface area contributed by atoms with Crippen LogP contribution in [0.2, 0.25) is 0 Å². The van der Waals surface area contributed by atoms with Crippen LogP contribution in [0.4, 0.5) is 0 Å². The molecular weight excluding hydrogens is 244 g/mol. The number of hydrogen-bond acceptors (Lipinski definition) is 4. The van der Waals surface area contributed by atoms with E-state index in [4.69, 9.17) is 4.74 Å². The Hall–Kier alpha value is -2.49. The molecule has 1 atom stereocenters. The first-order valence-electron chi connectivity index (χ1n) is 5.96. The maximum atomic E-state index is 12.0. The first-order chi connectivity index (χ1) is 9.15. The van der Waals surface area contributed by atoms with Crippen LogP contribution in [0.1, 0.15) is 28.4 Å². The van der Waals surface area contributed by atoms with Gasteiger partial charge in [-0.3, -0.25) is 4.79 Å². The largest absolute Gasteiger partial charge is 0.508 e. The van der Waals surface area contributed by atoms with Crippen LogP contribution in [0.15, 0.2) is 42.5 Å². The maximum absolute atomic E-state index is 12.0. The molecule has 1 aliphatic heterocycles. The molecule has 0 aliphatic carbocycles. The maximum Gasteiger partial charge on any atom is 0.170 e. The molecule has 0 fully saturated rings. The van der Waals surface area contributed by atoms with Crippen molar-refractivity contribution < 1.29 is 19.7 Å². The van der Waals surface area contributed by atoms with Crippen LogP contribution in [-0.2, 0) is 0 Å². The summed E-state index contributed by atoms with van der Waals surface area (Å²) in [7, 11) is 0. The average molecular weight is 256 g/mol. The van der Waals surface area contributed by atoms with Gasteiger partial charge in [-0.25, -0.2) is 0 Å². The molecule has 0 spiro atoms. The van der Waals surface area contributed by atoms with E-state index in [1.54, 1.807) is 30.3 Å². The molecule has 0 radical (unpaired) electrons. The van der Waals surface area contributed by atoms with Gasteiger partial charge in [0, 0.05) is 11.6 Å². The Balaban J connectivity index is 2.01. The molecule has 0 saturated heterocycles. The molecule has 19 heavy (non-hydrogen) atoms. The van der Waals surface area contributed by atoms with Crippen molar-refractivity contribution in [3.8, 4) is 17.2 Å². The second-order valence-electron chi connectivity index (χ2n) is 4.47. The number of para-hydroxylation sites is 1. The van der Waals surface area contributed by atoms with Gasteiger partial charge in [0.25, 0.3) is 0 Å². The summed E-state index contributed by atoms with van der Waals surface area (Å²) in [5.74, 6) is 0.437. The van der Waals surface area contributed by atoms with E-state index in [0.29, 0.717) is 16.9 Å². The summed E-state index contributed by atoms with van der Waals surface area (Å²) in [6.45, 7) is 0. The molecule has 1 aliphatic rings. The van der Waals surface area contributed by atoms with Gasteiger partial charge in [-0.05, 0) is 18.2 Å². The van der Waals surface area contributed by atoms with Crippen molar-refractivity contribution in [1.29, 1.82) is 0 Å². The van der Waals surface area contributed by atoms with E-state index >= 15 is 0 Å². The number of fused-ring (bicyclic) bond motifs is 1. The minimum absolute atomic E-state index is 0.0458. The second-order valence-corrected chi connectivity index (χ2v) is 4.47. The number of phenols is 2. The Labute approximate surface area is 109 Å². The SMILES string of the molecule is O=C1C[C@H](c2ccccc2O)Oc2cc(O)ccc21. The standard InChI is InChI=1S/C15H12O4/c16-9-5-6-11-13(18)8-15(19-14(11)7-9)10-3-1-2-4-12(10)17/h1-7,15-17H,8H2/t15-/m1/s1. The highest BCUT2D eigenvalue weighted by molar-refractivity contribution is 6.00. The molecule has 0 saturated carbocycles. The van der Waals surface area contributed by atoms with Gasteiger partial charge in [0.15, 0.2) is 5.78 Å². The fourth-order valence-electron chi connectivity index (χ4n) is 2.25. The van der Waals surface area contributed by atoms with Gasteiger partial charge in [-0.2, -0.15) is 0 Å². The highest BCUT2D eigenvalue weighted by Crippen LogP contribution is 2.38. The predicted molar refractivity (Wildman–Crippen MR) is 68.5 cm³/mol. The van der Waals surface area contributed by atoms with E-state index < -0.39 is 6.10 Å². The minimum atomic E-state index is -0.525. The molecule has 2 aromatic rings. The third kappa shape index (κ3) is 2.01. The Bertz CT molecular complexity index is 648. The van der Waals surface area contributed by atoms with E-state index in [1.165, 1.54) is 12.1 Å². The molecule has 2 aromatic carbocycles. The molecule has 1 heterocycles. The number of carbonyl (C=O) groups excluding carboxylic acids is 1. The lowest BCUT2D eigenvalue weighted by molar-refractivity contribution is 0.0847. The van der Waals surface area contributed by atoms with Gasteiger partial charge in [0.2, 0.25) is 0 Å². The van der Waals surface area contributed by atoms with Crippen molar-refractivity contribution >= 4 is 5.78 Å². The molecule has 4 heteroatoms. The van der Waals surface area contributed by atoms with Crippen molar-refractivity contribution in [2.24, 2.45) is 0 Å². The van der Waals surface area contributed by atoms with Crippen LogP contribution in [0, 0.1) is 0 Å². The number of ketones is 1. The molecule has 0 amide bonds. The first kappa shape index (κ1) is 11.6. The van der Waals surface area contributed by atoms with Gasteiger partial charge in [0.1, 0.15) is 23.4 Å². The van der Waals surface area contributed by atoms with Gasteiger partial charge < -0.3 is 14.9 Å². The smallest absolute Gasteiger partial charge is 0.170 e. The number of benzene rings is 2. The third-order valence-corrected chi connectivity index (χ3v) is 3.19. The van der Waals surface area contributed by atoms with Gasteiger partial charge in [-0.1, -0.05) is 18.2 Å². The zero-order valence-electron chi connectivity index (χ0n) is 10.0. The van der Waals surface area contributed by atoms with E-state index in [1.807, 2.05) is 0 Å². The number of phenolic OH excluding ortho intramolecular Hbond substituents is 2. The van der Waals surface area contributed by atoms with Crippen LogP contribution in [-0.4, -0.2) is 16.0 Å². The van der Waals surface area contributed by atoms with Crippen LogP contribution in [0.25, 0.3) is 0 Å². The number of Topliss-reactive ketones (excluding diaryl/α,β-unsaturated/α-hetero) is 1. The summed E-state index contributed by atoms with van der Waals surface area (Å²) < 4.78 is 5.71. The van der Waals surface area contributed by atoms with Crippen molar-refractivity contribution in [2.45, 2.75) is 12.5 Å². The Morgan fingerprint density at radius 3 is 2.68 bits per heavy atom. The Kier molecular flexibility index (Phi) is 2.63. The van der Waals surface area contributed by atoms with Gasteiger partial charge in [-0.15, -0.1) is 0 Å². The molecule has 3 rings (SSSR count). The Morgan fingerprint density at radius 1 is 1.11 bits per heavy atom. The lowest BCUT2D eigenvalue weighted by Gasteiger charge is -2.26. The minimum Gasteiger partial charge on any atom is -0.508 e. The summed E-state index contributed by atoms with van der Waals surface area (Å²) in [5.41, 5.74) is 1.04. The number of ether oxygens (including phenoxy) is 1. The first-order valence-corrected chi connectivity index (χ1v) is 5.96. The van der Waals surface area contributed by atoms with Crippen molar-refractivity contribution in [1.82, 2.24) is 0 Å². The summed E-state index contributed by atoms with van der Waals surface area (Å²) in [6.07, 6.45) is -0.349. The second kappa shape index (κ2) is 4.31. The number of hydrogen-bond donors (Lipinski definition) is 2. The van der Waals surface area contributed by atoms with E-state index in [2.05, 4.69) is 0 Å². The van der Waals surface area contributed by atoms with Crippen LogP contribution in [0.3, 0.4) is 0 Å². The molecule has 2 N–H and O–H groups in total. The molecular formula is C15H12O4. The van der Waals surface area contributed by atoms with E-state index in [0.717, 1.165) is 0 Å². The molecule has 0 aromatic heterocycles. The zero-order chi connectivity index (χ0) is 13.4. The lowest BCUT2D eigenvalue weighted by Crippen LogP contribution is -2.20. The van der Waals surface area contributed by atoms with Crippen molar-refractivity contribution in [3.05, 3.63) is 53.6 Å². The molecule has 0 unspecified atom stereocenters. The monoisotopic (exact) mass is 256 g/mol. The molecule has 4 nitrogen and oxygen atoms in total. The van der Waals surface area contributed by atoms with Gasteiger partial charge in [0.05, 0.1) is 12.0 Å². The summed E-state index contributed by atoms with van der Waals surface area (Å²) in [6, 6.07) is 11.2. The summed E-state index contributed by atoms with van der Waals surface area (Å²) in [4.78, 5) is 12.0. The fourth-order valence-corrected chi connectivity index (χ4v) is 2.25. The predicted octanol–water partition coefficient (Wildman–Crippen LogP) is 2.80. The summed E-state index contributed by atoms with van der Waals surface area (Å²) in [5, 5.41) is 19.3. The quantitative estimate of drug-likeness (QED) is 0.823. The van der Waals surface area contributed by atoms with E-state index in [-0.39, 0.29) is 23.7 Å².